The minimum Gasteiger partial charge on any atom is -0.508 e. The van der Waals surface area contributed by atoms with E-state index in [9.17, 15) is 34.5 Å². The number of fused-ring (bicyclic) bond motifs is 1. The molecule has 0 radical (unpaired) electrons. The van der Waals surface area contributed by atoms with Gasteiger partial charge in [0.05, 0.1) is 12.1 Å². The summed E-state index contributed by atoms with van der Waals surface area (Å²) in [7, 11) is 0. The number of aromatic nitrogens is 1. The van der Waals surface area contributed by atoms with Gasteiger partial charge in [-0.05, 0) is 49.1 Å². The molecule has 3 amide bonds. The number of phenolic OH excluding ortho intramolecular Hbond substituents is 1. The Bertz CT molecular complexity index is 1500. The van der Waals surface area contributed by atoms with Gasteiger partial charge >= 0.3 is 5.97 Å². The number of guanidine groups is 1. The molecule has 242 valence electrons. The van der Waals surface area contributed by atoms with Crippen molar-refractivity contribution in [2.45, 2.75) is 62.9 Å². The Morgan fingerprint density at radius 1 is 0.911 bits per heavy atom. The highest BCUT2D eigenvalue weighted by Crippen LogP contribution is 2.20. The van der Waals surface area contributed by atoms with Gasteiger partial charge in [0.2, 0.25) is 17.7 Å². The number of carbonyl (C=O) groups is 4. The van der Waals surface area contributed by atoms with Gasteiger partial charge in [-0.1, -0.05) is 30.3 Å². The Balaban J connectivity index is 1.80. The summed E-state index contributed by atoms with van der Waals surface area (Å²) in [4.78, 5) is 58.8. The van der Waals surface area contributed by atoms with Crippen LogP contribution in [0, 0.1) is 0 Å². The van der Waals surface area contributed by atoms with Crippen LogP contribution in [0.5, 0.6) is 5.75 Å². The summed E-state index contributed by atoms with van der Waals surface area (Å²) in [5, 5.41) is 38.0. The van der Waals surface area contributed by atoms with Crippen LogP contribution in [0.2, 0.25) is 0 Å². The van der Waals surface area contributed by atoms with Crippen LogP contribution in [-0.2, 0) is 32.0 Å². The summed E-state index contributed by atoms with van der Waals surface area (Å²) < 4.78 is 0. The van der Waals surface area contributed by atoms with Crippen molar-refractivity contribution < 1.29 is 34.5 Å². The fraction of sp³-hybridized carbons (Fsp3) is 0.367. The highest BCUT2D eigenvalue weighted by Gasteiger charge is 2.33. The van der Waals surface area contributed by atoms with Crippen molar-refractivity contribution in [2.75, 3.05) is 6.54 Å². The normalized spacial score (nSPS) is 14.4. The maximum absolute atomic E-state index is 13.6. The van der Waals surface area contributed by atoms with E-state index in [1.54, 1.807) is 6.20 Å². The van der Waals surface area contributed by atoms with Crippen molar-refractivity contribution in [3.05, 3.63) is 65.9 Å². The van der Waals surface area contributed by atoms with Crippen LogP contribution >= 0.6 is 0 Å². The molecule has 1 heterocycles. The molecule has 0 aliphatic carbocycles. The van der Waals surface area contributed by atoms with Crippen LogP contribution < -0.4 is 33.2 Å². The Morgan fingerprint density at radius 2 is 1.58 bits per heavy atom. The molecule has 3 rings (SSSR count). The van der Waals surface area contributed by atoms with E-state index in [0.717, 1.165) is 10.9 Å². The Hall–Kier alpha value is -5.15. The average Bonchev–Trinajstić information content (AvgIpc) is 3.40. The number of aromatic hydroxyl groups is 1. The van der Waals surface area contributed by atoms with Crippen molar-refractivity contribution in [3.8, 4) is 5.75 Å². The standard InChI is InChI=1S/C30H40N8O7/c1-16(39)25(38-26(41)21(31)6-4-12-34-30(32)33)28(43)36-23(14-18-15-35-22-7-3-2-5-20(18)22)27(42)37-24(29(44)45)13-17-8-10-19(40)11-9-17/h2-3,5,7-11,15-16,21,23-25,35,39-40H,4,6,12-14,31H2,1H3,(H,36,43)(H,37,42)(H,38,41)(H,44,45)(H4,32,33,34). The molecule has 15 nitrogen and oxygen atoms in total. The Morgan fingerprint density at radius 3 is 2.22 bits per heavy atom. The number of phenols is 1. The van der Waals surface area contributed by atoms with Crippen molar-refractivity contribution in [3.63, 3.8) is 0 Å². The minimum atomic E-state index is -1.48. The number of para-hydroxylation sites is 1. The van der Waals surface area contributed by atoms with Gasteiger partial charge in [-0.25, -0.2) is 4.79 Å². The second-order valence-corrected chi connectivity index (χ2v) is 10.7. The lowest BCUT2D eigenvalue weighted by atomic mass is 10.0. The molecule has 0 aliphatic heterocycles. The van der Waals surface area contributed by atoms with E-state index in [-0.39, 0.29) is 37.5 Å². The van der Waals surface area contributed by atoms with Gasteiger partial charge < -0.3 is 53.5 Å². The van der Waals surface area contributed by atoms with Crippen molar-refractivity contribution in [1.82, 2.24) is 20.9 Å². The fourth-order valence-corrected chi connectivity index (χ4v) is 4.65. The summed E-state index contributed by atoms with van der Waals surface area (Å²) >= 11 is 0. The number of aromatic amines is 1. The van der Waals surface area contributed by atoms with Crippen molar-refractivity contribution in [2.24, 2.45) is 22.2 Å². The zero-order valence-electron chi connectivity index (χ0n) is 24.8. The van der Waals surface area contributed by atoms with Gasteiger partial charge in [-0.15, -0.1) is 0 Å². The molecule has 0 saturated heterocycles. The number of amides is 3. The lowest BCUT2D eigenvalue weighted by Crippen LogP contribution is -2.60. The molecule has 0 aliphatic rings. The monoisotopic (exact) mass is 624 g/mol. The Kier molecular flexibility index (Phi) is 12.3. The number of nitrogens with two attached hydrogens (primary N) is 3. The number of benzene rings is 2. The maximum Gasteiger partial charge on any atom is 0.326 e. The number of hydrogen-bond acceptors (Lipinski definition) is 8. The molecule has 0 bridgehead atoms. The first-order chi connectivity index (χ1) is 21.3. The molecule has 1 aromatic heterocycles. The first-order valence-electron chi connectivity index (χ1n) is 14.3. The number of aliphatic imine (C=N–C) groups is 1. The summed E-state index contributed by atoms with van der Waals surface area (Å²) in [5.41, 5.74) is 18.5. The van der Waals surface area contributed by atoms with Gasteiger partial charge in [0.15, 0.2) is 5.96 Å². The van der Waals surface area contributed by atoms with Crippen LogP contribution in [0.1, 0.15) is 30.9 Å². The number of carbonyl (C=O) groups excluding carboxylic acids is 3. The topological polar surface area (TPSA) is 271 Å². The molecule has 5 unspecified atom stereocenters. The summed E-state index contributed by atoms with van der Waals surface area (Å²) in [6, 6.07) is 7.99. The quantitative estimate of drug-likeness (QED) is 0.0525. The highest BCUT2D eigenvalue weighted by atomic mass is 16.4. The average molecular weight is 625 g/mol. The molecule has 13 N–H and O–H groups in total. The van der Waals surface area contributed by atoms with Gasteiger partial charge in [0, 0.05) is 36.5 Å². The van der Waals surface area contributed by atoms with E-state index in [1.165, 1.54) is 31.2 Å². The number of carboxylic acid groups (broad SMARTS) is 1. The Labute approximate surface area is 259 Å². The lowest BCUT2D eigenvalue weighted by molar-refractivity contribution is -0.142. The number of H-pyrrole nitrogens is 1. The summed E-state index contributed by atoms with van der Waals surface area (Å²) in [5.74, 6) is -3.79. The van der Waals surface area contributed by atoms with Gasteiger partial charge in [0.25, 0.3) is 0 Å². The number of rotatable bonds is 16. The molecule has 15 heteroatoms. The first-order valence-corrected chi connectivity index (χ1v) is 14.3. The van der Waals surface area contributed by atoms with E-state index in [2.05, 4.69) is 25.9 Å². The van der Waals surface area contributed by atoms with Gasteiger partial charge in [-0.2, -0.15) is 0 Å². The third-order valence-electron chi connectivity index (χ3n) is 7.09. The molecular weight excluding hydrogens is 584 g/mol. The van der Waals surface area contributed by atoms with E-state index >= 15 is 0 Å². The summed E-state index contributed by atoms with van der Waals surface area (Å²) in [6.45, 7) is 1.54. The van der Waals surface area contributed by atoms with Crippen LogP contribution in [0.15, 0.2) is 59.7 Å². The van der Waals surface area contributed by atoms with E-state index in [4.69, 9.17) is 17.2 Å². The van der Waals surface area contributed by atoms with Crippen LogP contribution in [-0.4, -0.2) is 86.8 Å². The van der Waals surface area contributed by atoms with Gasteiger partial charge in [-0.3, -0.25) is 19.4 Å². The fourth-order valence-electron chi connectivity index (χ4n) is 4.65. The van der Waals surface area contributed by atoms with Gasteiger partial charge in [0.1, 0.15) is 23.9 Å². The number of aliphatic hydroxyl groups is 1. The molecule has 2 aromatic carbocycles. The van der Waals surface area contributed by atoms with Crippen LogP contribution in [0.4, 0.5) is 0 Å². The number of nitrogens with one attached hydrogen (secondary N) is 4. The van der Waals surface area contributed by atoms with Crippen LogP contribution in [0.3, 0.4) is 0 Å². The smallest absolute Gasteiger partial charge is 0.326 e. The van der Waals surface area contributed by atoms with E-state index in [0.29, 0.717) is 17.5 Å². The zero-order valence-corrected chi connectivity index (χ0v) is 24.8. The zero-order chi connectivity index (χ0) is 33.1. The lowest BCUT2D eigenvalue weighted by Gasteiger charge is -2.26. The minimum absolute atomic E-state index is 0.00261. The van der Waals surface area contributed by atoms with Crippen LogP contribution in [0.25, 0.3) is 10.9 Å². The van der Waals surface area contributed by atoms with Crippen molar-refractivity contribution >= 4 is 40.6 Å². The first kappa shape index (κ1) is 34.3. The third-order valence-corrected chi connectivity index (χ3v) is 7.09. The predicted molar refractivity (Wildman–Crippen MR) is 167 cm³/mol. The molecule has 0 fully saturated rings. The molecule has 0 spiro atoms. The molecule has 5 atom stereocenters. The maximum atomic E-state index is 13.6. The molecular formula is C30H40N8O7. The number of carboxylic acids is 1. The molecule has 0 saturated carbocycles. The molecule has 3 aromatic rings. The second kappa shape index (κ2) is 16.1. The summed E-state index contributed by atoms with van der Waals surface area (Å²) in [6.07, 6.45) is 0.749. The van der Waals surface area contributed by atoms with E-state index in [1.807, 2.05) is 24.3 Å². The second-order valence-electron chi connectivity index (χ2n) is 10.7. The molecule has 45 heavy (non-hydrogen) atoms. The van der Waals surface area contributed by atoms with E-state index < -0.39 is 54.0 Å². The highest BCUT2D eigenvalue weighted by molar-refractivity contribution is 5.95. The SMILES string of the molecule is CC(O)C(NC(=O)C(N)CCCN=C(N)N)C(=O)NC(Cc1c[nH]c2ccccc12)C(=O)NC(Cc1ccc(O)cc1)C(=O)O. The third kappa shape index (κ3) is 10.2. The van der Waals surface area contributed by atoms with Crippen molar-refractivity contribution in [1.29, 1.82) is 0 Å². The largest absolute Gasteiger partial charge is 0.508 e. The number of hydrogen-bond donors (Lipinski definition) is 10. The number of nitrogens with zero attached hydrogens (tertiary/aromatic N) is 1. The predicted octanol–water partition coefficient (Wildman–Crippen LogP) is -1.04. The number of aliphatic carboxylic acids is 1. The number of aliphatic hydroxyl groups excluding tert-OH is 1.